The molecule has 1 fully saturated rings. The zero-order valence-electron chi connectivity index (χ0n) is 16.0. The molecule has 0 radical (unpaired) electrons. The summed E-state index contributed by atoms with van der Waals surface area (Å²) in [6, 6.07) is 13.7. The SMILES string of the molecule is CNC(=O)c1ccc2c(c1)NC(=NCc1cccc(Cl)c1)C1(CCNCC1)C2. The Morgan fingerprint density at radius 3 is 2.79 bits per heavy atom. The van der Waals surface area contributed by atoms with Crippen molar-refractivity contribution in [1.82, 2.24) is 10.6 Å². The Kier molecular flexibility index (Phi) is 5.38. The molecular formula is C22H25ClN4O. The van der Waals surface area contributed by atoms with Crippen LogP contribution in [0.25, 0.3) is 0 Å². The number of halogens is 1. The third-order valence-electron chi connectivity index (χ3n) is 5.75. The van der Waals surface area contributed by atoms with Gasteiger partial charge in [0.05, 0.1) is 6.54 Å². The zero-order valence-corrected chi connectivity index (χ0v) is 16.8. The number of aliphatic imine (C=N–C) groups is 1. The molecule has 2 heterocycles. The van der Waals surface area contributed by atoms with Gasteiger partial charge >= 0.3 is 0 Å². The molecular weight excluding hydrogens is 372 g/mol. The molecule has 0 aromatic heterocycles. The fourth-order valence-electron chi connectivity index (χ4n) is 4.17. The molecule has 1 amide bonds. The number of hydrogen-bond donors (Lipinski definition) is 3. The van der Waals surface area contributed by atoms with E-state index in [0.29, 0.717) is 12.1 Å². The van der Waals surface area contributed by atoms with Crippen molar-refractivity contribution in [3.63, 3.8) is 0 Å². The maximum atomic E-state index is 12.0. The normalized spacial score (nSPS) is 19.1. The summed E-state index contributed by atoms with van der Waals surface area (Å²) in [5.41, 5.74) is 4.00. The van der Waals surface area contributed by atoms with Gasteiger partial charge in [0, 0.05) is 28.7 Å². The molecule has 4 rings (SSSR count). The largest absolute Gasteiger partial charge is 0.355 e. The molecule has 1 spiro atoms. The minimum absolute atomic E-state index is 0.0192. The van der Waals surface area contributed by atoms with E-state index in [1.54, 1.807) is 7.05 Å². The lowest BCUT2D eigenvalue weighted by Gasteiger charge is -2.43. The lowest BCUT2D eigenvalue weighted by molar-refractivity contribution is 0.0963. The van der Waals surface area contributed by atoms with Gasteiger partial charge in [-0.3, -0.25) is 9.79 Å². The van der Waals surface area contributed by atoms with Crippen LogP contribution < -0.4 is 16.0 Å². The summed E-state index contributed by atoms with van der Waals surface area (Å²) in [6.45, 7) is 2.57. The molecule has 146 valence electrons. The molecule has 2 aromatic rings. The highest BCUT2D eigenvalue weighted by atomic mass is 35.5. The molecule has 0 atom stereocenters. The standard InChI is InChI=1S/C22H25ClN4O/c1-24-20(28)16-5-6-17-13-22(7-9-25-10-8-22)21(27-19(17)12-16)26-14-15-3-2-4-18(23)11-15/h2-6,11-12,25H,7-10,13-14H2,1H3,(H,24,28)(H,26,27). The third-order valence-corrected chi connectivity index (χ3v) is 5.99. The second-order valence-corrected chi connectivity index (χ2v) is 8.01. The molecule has 28 heavy (non-hydrogen) atoms. The number of fused-ring (bicyclic) bond motifs is 1. The first-order chi connectivity index (χ1) is 13.6. The van der Waals surface area contributed by atoms with Crippen LogP contribution in [0.15, 0.2) is 47.5 Å². The Balaban J connectivity index is 1.68. The number of amides is 1. The molecule has 0 aliphatic carbocycles. The number of piperidine rings is 1. The average Bonchev–Trinajstić information content (AvgIpc) is 2.72. The van der Waals surface area contributed by atoms with Gasteiger partial charge in [-0.1, -0.05) is 29.8 Å². The molecule has 2 aliphatic heterocycles. The Bertz CT molecular complexity index is 919. The quantitative estimate of drug-likeness (QED) is 0.742. The molecule has 6 heteroatoms. The van der Waals surface area contributed by atoms with E-state index < -0.39 is 0 Å². The van der Waals surface area contributed by atoms with Crippen molar-refractivity contribution in [3.8, 4) is 0 Å². The molecule has 2 aromatic carbocycles. The smallest absolute Gasteiger partial charge is 0.251 e. The van der Waals surface area contributed by atoms with E-state index in [1.807, 2.05) is 36.4 Å². The number of hydrogen-bond acceptors (Lipinski definition) is 3. The van der Waals surface area contributed by atoms with Gasteiger partial charge in [-0.2, -0.15) is 0 Å². The predicted octanol–water partition coefficient (Wildman–Crippen LogP) is 3.64. The van der Waals surface area contributed by atoms with Crippen LogP contribution in [-0.2, 0) is 13.0 Å². The molecule has 5 nitrogen and oxygen atoms in total. The van der Waals surface area contributed by atoms with E-state index in [4.69, 9.17) is 16.6 Å². The van der Waals surface area contributed by atoms with Gasteiger partial charge in [-0.15, -0.1) is 0 Å². The van der Waals surface area contributed by atoms with Crippen molar-refractivity contribution in [2.24, 2.45) is 10.4 Å². The summed E-state index contributed by atoms with van der Waals surface area (Å²) in [5, 5.41) is 10.5. The lowest BCUT2D eigenvalue weighted by Crippen LogP contribution is -2.48. The summed E-state index contributed by atoms with van der Waals surface area (Å²) >= 11 is 6.13. The number of anilines is 1. The van der Waals surface area contributed by atoms with E-state index in [-0.39, 0.29) is 11.3 Å². The maximum Gasteiger partial charge on any atom is 0.251 e. The van der Waals surface area contributed by atoms with Crippen LogP contribution in [0, 0.1) is 5.41 Å². The third kappa shape index (κ3) is 3.77. The van der Waals surface area contributed by atoms with Gasteiger partial charge in [0.15, 0.2) is 0 Å². The Morgan fingerprint density at radius 2 is 2.04 bits per heavy atom. The van der Waals surface area contributed by atoms with E-state index in [0.717, 1.165) is 54.5 Å². The second kappa shape index (κ2) is 7.94. The van der Waals surface area contributed by atoms with Gasteiger partial charge < -0.3 is 16.0 Å². The van der Waals surface area contributed by atoms with Crippen molar-refractivity contribution in [3.05, 3.63) is 64.2 Å². The summed E-state index contributed by atoms with van der Waals surface area (Å²) in [7, 11) is 1.65. The van der Waals surface area contributed by atoms with Crippen LogP contribution in [0.5, 0.6) is 0 Å². The topological polar surface area (TPSA) is 65.5 Å². The minimum Gasteiger partial charge on any atom is -0.355 e. The van der Waals surface area contributed by atoms with Gasteiger partial charge in [-0.05, 0) is 67.7 Å². The Morgan fingerprint density at radius 1 is 1.21 bits per heavy atom. The van der Waals surface area contributed by atoms with Gasteiger partial charge in [-0.25, -0.2) is 0 Å². The summed E-state index contributed by atoms with van der Waals surface area (Å²) < 4.78 is 0. The number of nitrogens with zero attached hydrogens (tertiary/aromatic N) is 1. The first kappa shape index (κ1) is 19.0. The first-order valence-electron chi connectivity index (χ1n) is 9.72. The van der Waals surface area contributed by atoms with E-state index >= 15 is 0 Å². The molecule has 0 bridgehead atoms. The van der Waals surface area contributed by atoms with E-state index in [1.165, 1.54) is 5.56 Å². The number of benzene rings is 2. The number of amidine groups is 1. The van der Waals surface area contributed by atoms with Crippen LogP contribution >= 0.6 is 11.6 Å². The summed E-state index contributed by atoms with van der Waals surface area (Å²) in [5.74, 6) is 0.944. The average molecular weight is 397 g/mol. The highest BCUT2D eigenvalue weighted by molar-refractivity contribution is 6.30. The highest BCUT2D eigenvalue weighted by Gasteiger charge is 2.41. The van der Waals surface area contributed by atoms with E-state index in [2.05, 4.69) is 22.0 Å². The predicted molar refractivity (Wildman–Crippen MR) is 114 cm³/mol. The van der Waals surface area contributed by atoms with Gasteiger partial charge in [0.2, 0.25) is 0 Å². The minimum atomic E-state index is -0.0795. The van der Waals surface area contributed by atoms with Crippen LogP contribution in [0.1, 0.15) is 34.3 Å². The Hall–Kier alpha value is -2.37. The van der Waals surface area contributed by atoms with Crippen LogP contribution in [0.2, 0.25) is 5.02 Å². The summed E-state index contributed by atoms with van der Waals surface area (Å²) in [6.07, 6.45) is 3.04. The first-order valence-corrected chi connectivity index (χ1v) is 10.1. The van der Waals surface area contributed by atoms with Crippen molar-refractivity contribution >= 4 is 29.0 Å². The fourth-order valence-corrected chi connectivity index (χ4v) is 4.39. The number of carbonyl (C=O) groups is 1. The Labute approximate surface area is 170 Å². The van der Waals surface area contributed by atoms with Crippen LogP contribution in [0.4, 0.5) is 5.69 Å². The zero-order chi connectivity index (χ0) is 19.6. The monoisotopic (exact) mass is 396 g/mol. The highest BCUT2D eigenvalue weighted by Crippen LogP contribution is 2.41. The van der Waals surface area contributed by atoms with Crippen molar-refractivity contribution in [1.29, 1.82) is 0 Å². The molecule has 0 unspecified atom stereocenters. The van der Waals surface area contributed by atoms with Crippen LogP contribution in [0.3, 0.4) is 0 Å². The van der Waals surface area contributed by atoms with Gasteiger partial charge in [0.1, 0.15) is 5.84 Å². The second-order valence-electron chi connectivity index (χ2n) is 7.58. The van der Waals surface area contributed by atoms with Crippen LogP contribution in [-0.4, -0.2) is 31.9 Å². The van der Waals surface area contributed by atoms with E-state index in [9.17, 15) is 4.79 Å². The number of nitrogens with one attached hydrogen (secondary N) is 3. The number of carbonyl (C=O) groups excluding carboxylic acids is 1. The number of rotatable bonds is 3. The molecule has 2 aliphatic rings. The van der Waals surface area contributed by atoms with Crippen molar-refractivity contribution < 1.29 is 4.79 Å². The summed E-state index contributed by atoms with van der Waals surface area (Å²) in [4.78, 5) is 17.0. The molecule has 1 saturated heterocycles. The van der Waals surface area contributed by atoms with Crippen molar-refractivity contribution in [2.45, 2.75) is 25.8 Å². The maximum absolute atomic E-state index is 12.0. The lowest BCUT2D eigenvalue weighted by atomic mass is 9.70. The van der Waals surface area contributed by atoms with Crippen molar-refractivity contribution in [2.75, 3.05) is 25.5 Å². The fraction of sp³-hybridized carbons (Fsp3) is 0.364. The van der Waals surface area contributed by atoms with Gasteiger partial charge in [0.25, 0.3) is 5.91 Å². The molecule has 0 saturated carbocycles. The molecule has 3 N–H and O–H groups in total.